The average molecular weight is 279 g/mol. The van der Waals surface area contributed by atoms with Gasteiger partial charge in [-0.15, -0.1) is 0 Å². The van der Waals surface area contributed by atoms with Crippen molar-refractivity contribution in [1.29, 1.82) is 0 Å². The summed E-state index contributed by atoms with van der Waals surface area (Å²) in [6.45, 7) is 1.71. The zero-order valence-corrected chi connectivity index (χ0v) is 11.5. The second kappa shape index (κ2) is 5.01. The molecule has 0 aromatic heterocycles. The molecule has 5 heteroatoms. The fourth-order valence-corrected chi connectivity index (χ4v) is 2.28. The lowest BCUT2D eigenvalue weighted by Gasteiger charge is -2.06. The van der Waals surface area contributed by atoms with E-state index in [0.29, 0.717) is 11.3 Å². The number of aryl methyl sites for hydroxylation is 1. The van der Waals surface area contributed by atoms with Crippen molar-refractivity contribution in [3.05, 3.63) is 53.8 Å². The Morgan fingerprint density at radius 2 is 1.58 bits per heavy atom. The van der Waals surface area contributed by atoms with Crippen molar-refractivity contribution in [1.82, 2.24) is 0 Å². The summed E-state index contributed by atoms with van der Waals surface area (Å²) in [6, 6.07) is 11.8. The molecule has 0 unspecified atom stereocenters. The van der Waals surface area contributed by atoms with Crippen molar-refractivity contribution in [2.45, 2.75) is 6.92 Å². The molecule has 2 aromatic carbocycles. The van der Waals surface area contributed by atoms with Gasteiger partial charge in [0.2, 0.25) is 10.0 Å². The number of hydrogen-bond acceptors (Lipinski definition) is 2. The zero-order valence-electron chi connectivity index (χ0n) is 10.6. The Morgan fingerprint density at radius 1 is 1.00 bits per heavy atom. The number of benzene rings is 2. The Bertz CT molecular complexity index is 694. The van der Waals surface area contributed by atoms with Crippen molar-refractivity contribution >= 4 is 15.7 Å². The summed E-state index contributed by atoms with van der Waals surface area (Å²) in [6.07, 6.45) is 1.09. The van der Waals surface area contributed by atoms with Gasteiger partial charge in [-0.3, -0.25) is 4.72 Å². The summed E-state index contributed by atoms with van der Waals surface area (Å²) >= 11 is 0. The third-order valence-electron chi connectivity index (χ3n) is 2.69. The Hall–Kier alpha value is -1.88. The summed E-state index contributed by atoms with van der Waals surface area (Å²) in [5.74, 6) is -0.254. The van der Waals surface area contributed by atoms with Gasteiger partial charge in [0.25, 0.3) is 0 Å². The normalized spacial score (nSPS) is 11.3. The molecule has 0 aliphatic rings. The van der Waals surface area contributed by atoms with E-state index in [1.807, 2.05) is 6.07 Å². The van der Waals surface area contributed by atoms with Gasteiger partial charge < -0.3 is 0 Å². The lowest BCUT2D eigenvalue weighted by Crippen LogP contribution is -2.09. The Morgan fingerprint density at radius 3 is 2.11 bits per heavy atom. The molecular formula is C14H14FNO2S. The molecule has 0 radical (unpaired) electrons. The van der Waals surface area contributed by atoms with Crippen LogP contribution in [0.3, 0.4) is 0 Å². The van der Waals surface area contributed by atoms with Gasteiger partial charge >= 0.3 is 0 Å². The van der Waals surface area contributed by atoms with E-state index in [9.17, 15) is 12.8 Å². The molecule has 0 heterocycles. The molecular weight excluding hydrogens is 265 g/mol. The number of rotatable bonds is 3. The van der Waals surface area contributed by atoms with Crippen LogP contribution in [-0.4, -0.2) is 14.7 Å². The first-order chi connectivity index (χ1) is 8.85. The highest BCUT2D eigenvalue weighted by Gasteiger charge is 2.04. The van der Waals surface area contributed by atoms with Crippen LogP contribution in [0.2, 0.25) is 0 Å². The Balaban J connectivity index is 2.29. The van der Waals surface area contributed by atoms with Gasteiger partial charge in [0, 0.05) is 5.69 Å². The largest absolute Gasteiger partial charge is 0.284 e. The SMILES string of the molecule is Cc1ccc(-c2ccc(NS(C)(=O)=O)cc2)cc1F. The first-order valence-electron chi connectivity index (χ1n) is 5.69. The summed E-state index contributed by atoms with van der Waals surface area (Å²) in [4.78, 5) is 0. The highest BCUT2D eigenvalue weighted by atomic mass is 32.2. The molecule has 0 atom stereocenters. The molecule has 0 aliphatic carbocycles. The van der Waals surface area contributed by atoms with Crippen LogP contribution in [0.15, 0.2) is 42.5 Å². The molecule has 0 saturated heterocycles. The number of sulfonamides is 1. The summed E-state index contributed by atoms with van der Waals surface area (Å²) in [5.41, 5.74) is 2.67. The third kappa shape index (κ3) is 3.54. The smallest absolute Gasteiger partial charge is 0.229 e. The second-order valence-corrected chi connectivity index (χ2v) is 6.16. The highest BCUT2D eigenvalue weighted by Crippen LogP contribution is 2.23. The summed E-state index contributed by atoms with van der Waals surface area (Å²) in [7, 11) is -3.28. The van der Waals surface area contributed by atoms with Gasteiger partial charge in [-0.05, 0) is 41.8 Å². The van der Waals surface area contributed by atoms with E-state index in [1.165, 1.54) is 6.07 Å². The molecule has 0 fully saturated rings. The van der Waals surface area contributed by atoms with E-state index in [0.717, 1.165) is 17.4 Å². The molecule has 0 aliphatic heterocycles. The van der Waals surface area contributed by atoms with Crippen LogP contribution in [0.5, 0.6) is 0 Å². The first kappa shape index (κ1) is 13.5. The van der Waals surface area contributed by atoms with Crippen LogP contribution in [0.4, 0.5) is 10.1 Å². The molecule has 3 nitrogen and oxygen atoms in total. The maximum Gasteiger partial charge on any atom is 0.229 e. The molecule has 100 valence electrons. The molecule has 0 spiro atoms. The van der Waals surface area contributed by atoms with Crippen molar-refractivity contribution < 1.29 is 12.8 Å². The average Bonchev–Trinajstić information content (AvgIpc) is 2.32. The predicted molar refractivity (Wildman–Crippen MR) is 75.0 cm³/mol. The molecule has 0 amide bonds. The minimum atomic E-state index is -3.28. The van der Waals surface area contributed by atoms with Gasteiger partial charge in [-0.2, -0.15) is 0 Å². The molecule has 2 aromatic rings. The lowest BCUT2D eigenvalue weighted by molar-refractivity contribution is 0.607. The van der Waals surface area contributed by atoms with Crippen LogP contribution in [-0.2, 0) is 10.0 Å². The van der Waals surface area contributed by atoms with Crippen LogP contribution in [0, 0.1) is 12.7 Å². The topological polar surface area (TPSA) is 46.2 Å². The van der Waals surface area contributed by atoms with Crippen LogP contribution >= 0.6 is 0 Å². The van der Waals surface area contributed by atoms with Gasteiger partial charge in [0.1, 0.15) is 5.82 Å². The van der Waals surface area contributed by atoms with Crippen LogP contribution in [0.25, 0.3) is 11.1 Å². The fourth-order valence-electron chi connectivity index (χ4n) is 1.72. The predicted octanol–water partition coefficient (Wildman–Crippen LogP) is 3.17. The maximum absolute atomic E-state index is 13.5. The monoisotopic (exact) mass is 279 g/mol. The minimum absolute atomic E-state index is 0.254. The molecule has 2 rings (SSSR count). The van der Waals surface area contributed by atoms with Crippen LogP contribution in [0.1, 0.15) is 5.56 Å². The summed E-state index contributed by atoms with van der Waals surface area (Å²) < 4.78 is 38.0. The van der Waals surface area contributed by atoms with Crippen molar-refractivity contribution in [3.8, 4) is 11.1 Å². The van der Waals surface area contributed by atoms with E-state index in [4.69, 9.17) is 0 Å². The molecule has 0 bridgehead atoms. The number of halogens is 1. The minimum Gasteiger partial charge on any atom is -0.284 e. The van der Waals surface area contributed by atoms with Crippen molar-refractivity contribution in [3.63, 3.8) is 0 Å². The van der Waals surface area contributed by atoms with E-state index in [1.54, 1.807) is 37.3 Å². The van der Waals surface area contributed by atoms with E-state index < -0.39 is 10.0 Å². The lowest BCUT2D eigenvalue weighted by atomic mass is 10.0. The molecule has 1 N–H and O–H groups in total. The fraction of sp³-hybridized carbons (Fsp3) is 0.143. The van der Waals surface area contributed by atoms with Gasteiger partial charge in [0.15, 0.2) is 0 Å². The number of nitrogens with one attached hydrogen (secondary N) is 1. The van der Waals surface area contributed by atoms with E-state index in [2.05, 4.69) is 4.72 Å². The third-order valence-corrected chi connectivity index (χ3v) is 3.30. The Labute approximate surface area is 112 Å². The summed E-state index contributed by atoms with van der Waals surface area (Å²) in [5, 5.41) is 0. The number of hydrogen-bond donors (Lipinski definition) is 1. The van der Waals surface area contributed by atoms with Gasteiger partial charge in [-0.1, -0.05) is 24.3 Å². The first-order valence-corrected chi connectivity index (χ1v) is 7.59. The number of anilines is 1. The van der Waals surface area contributed by atoms with Gasteiger partial charge in [0.05, 0.1) is 6.26 Å². The highest BCUT2D eigenvalue weighted by molar-refractivity contribution is 7.92. The van der Waals surface area contributed by atoms with E-state index >= 15 is 0 Å². The standard InChI is InChI=1S/C14H14FNO2S/c1-10-3-4-12(9-14(10)15)11-5-7-13(8-6-11)16-19(2,17)18/h3-9,16H,1-2H3. The maximum atomic E-state index is 13.5. The molecule has 19 heavy (non-hydrogen) atoms. The quantitative estimate of drug-likeness (QED) is 0.938. The van der Waals surface area contributed by atoms with Crippen LogP contribution < -0.4 is 4.72 Å². The zero-order chi connectivity index (χ0) is 14.0. The van der Waals surface area contributed by atoms with E-state index in [-0.39, 0.29) is 5.82 Å². The van der Waals surface area contributed by atoms with Gasteiger partial charge in [-0.25, -0.2) is 12.8 Å². The van der Waals surface area contributed by atoms with Crippen molar-refractivity contribution in [2.24, 2.45) is 0 Å². The molecule has 0 saturated carbocycles. The second-order valence-electron chi connectivity index (χ2n) is 4.42. The Kier molecular flexibility index (Phi) is 3.57. The van der Waals surface area contributed by atoms with Crippen molar-refractivity contribution in [2.75, 3.05) is 11.0 Å².